The van der Waals surface area contributed by atoms with Crippen LogP contribution in [-0.2, 0) is 16.0 Å². The molecular weight excluding hydrogens is 356 g/mol. The van der Waals surface area contributed by atoms with E-state index in [1.54, 1.807) is 43.5 Å². The zero-order valence-electron chi connectivity index (χ0n) is 14.3. The van der Waals surface area contributed by atoms with Gasteiger partial charge in [0.1, 0.15) is 11.9 Å². The highest BCUT2D eigenvalue weighted by atomic mass is 35.5. The fourth-order valence-electron chi connectivity index (χ4n) is 2.68. The first-order valence-electron chi connectivity index (χ1n) is 8.18. The maximum absolute atomic E-state index is 12.1. The Hall–Kier alpha value is -2.73. The van der Waals surface area contributed by atoms with Crippen molar-refractivity contribution in [3.05, 3.63) is 59.1 Å². The maximum Gasteiger partial charge on any atom is 0.414 e. The van der Waals surface area contributed by atoms with Crippen LogP contribution < -0.4 is 15.0 Å². The normalized spacial score (nSPS) is 16.3. The monoisotopic (exact) mass is 374 g/mol. The minimum Gasteiger partial charge on any atom is -0.497 e. The van der Waals surface area contributed by atoms with Crippen molar-refractivity contribution in [2.45, 2.75) is 12.5 Å². The summed E-state index contributed by atoms with van der Waals surface area (Å²) in [5, 5.41) is 3.43. The summed E-state index contributed by atoms with van der Waals surface area (Å²) in [5.74, 6) is 0.582. The van der Waals surface area contributed by atoms with Crippen LogP contribution in [0, 0.1) is 0 Å². The molecule has 1 N–H and O–H groups in total. The molecule has 26 heavy (non-hydrogen) atoms. The Morgan fingerprint density at radius 1 is 1.23 bits per heavy atom. The largest absolute Gasteiger partial charge is 0.497 e. The van der Waals surface area contributed by atoms with E-state index >= 15 is 0 Å². The van der Waals surface area contributed by atoms with Crippen molar-refractivity contribution in [3.63, 3.8) is 0 Å². The molecule has 136 valence electrons. The lowest BCUT2D eigenvalue weighted by atomic mass is 10.1. The molecule has 1 saturated heterocycles. The molecule has 3 rings (SSSR count). The lowest BCUT2D eigenvalue weighted by Crippen LogP contribution is -2.35. The summed E-state index contributed by atoms with van der Waals surface area (Å²) in [6, 6.07) is 14.3. The van der Waals surface area contributed by atoms with E-state index in [0.717, 1.165) is 11.3 Å². The number of hydrogen-bond donors (Lipinski definition) is 1. The molecule has 2 amide bonds. The van der Waals surface area contributed by atoms with Gasteiger partial charge < -0.3 is 14.8 Å². The molecule has 1 aliphatic rings. The van der Waals surface area contributed by atoms with Crippen LogP contribution in [0.3, 0.4) is 0 Å². The molecule has 2 aromatic rings. The zero-order chi connectivity index (χ0) is 18.5. The third-order valence-electron chi connectivity index (χ3n) is 4.06. The first-order valence-corrected chi connectivity index (χ1v) is 8.56. The smallest absolute Gasteiger partial charge is 0.414 e. The van der Waals surface area contributed by atoms with E-state index in [9.17, 15) is 9.59 Å². The van der Waals surface area contributed by atoms with E-state index in [0.29, 0.717) is 17.3 Å². The lowest BCUT2D eigenvalue weighted by molar-refractivity contribution is -0.120. The molecule has 0 saturated carbocycles. The summed E-state index contributed by atoms with van der Waals surface area (Å²) in [7, 11) is 1.59. The number of cyclic esters (lactones) is 1. The van der Waals surface area contributed by atoms with Gasteiger partial charge in [0.2, 0.25) is 5.91 Å². The van der Waals surface area contributed by atoms with Gasteiger partial charge in [-0.25, -0.2) is 4.79 Å². The third kappa shape index (κ3) is 4.46. The number of halogens is 1. The van der Waals surface area contributed by atoms with E-state index < -0.39 is 12.2 Å². The highest BCUT2D eigenvalue weighted by Gasteiger charge is 2.32. The molecule has 0 aromatic heterocycles. The molecule has 7 heteroatoms. The average Bonchev–Trinajstić information content (AvgIpc) is 3.03. The van der Waals surface area contributed by atoms with Gasteiger partial charge in [-0.2, -0.15) is 0 Å². The first-order chi connectivity index (χ1) is 12.5. The van der Waals surface area contributed by atoms with E-state index in [4.69, 9.17) is 21.1 Å². The second-order valence-electron chi connectivity index (χ2n) is 5.92. The van der Waals surface area contributed by atoms with Gasteiger partial charge >= 0.3 is 6.09 Å². The number of nitrogens with one attached hydrogen (secondary N) is 1. The van der Waals surface area contributed by atoms with Crippen molar-refractivity contribution in [3.8, 4) is 5.75 Å². The van der Waals surface area contributed by atoms with Crippen molar-refractivity contribution < 1.29 is 19.1 Å². The van der Waals surface area contributed by atoms with Gasteiger partial charge in [-0.1, -0.05) is 23.7 Å². The summed E-state index contributed by atoms with van der Waals surface area (Å²) in [5.41, 5.74) is 1.60. The number of benzene rings is 2. The Morgan fingerprint density at radius 2 is 1.92 bits per heavy atom. The fraction of sp³-hybridized carbons (Fsp3) is 0.263. The molecule has 1 atom stereocenters. The summed E-state index contributed by atoms with van der Waals surface area (Å²) < 4.78 is 10.4. The van der Waals surface area contributed by atoms with Crippen LogP contribution in [0.1, 0.15) is 5.56 Å². The van der Waals surface area contributed by atoms with Crippen LogP contribution in [-0.4, -0.2) is 38.3 Å². The molecule has 0 bridgehead atoms. The van der Waals surface area contributed by atoms with Crippen molar-refractivity contribution in [2.75, 3.05) is 25.1 Å². The topological polar surface area (TPSA) is 67.9 Å². The molecule has 1 heterocycles. The predicted octanol–water partition coefficient (Wildman–Crippen LogP) is 3.03. The quantitative estimate of drug-likeness (QED) is 0.843. The van der Waals surface area contributed by atoms with Crippen molar-refractivity contribution >= 4 is 29.3 Å². The second kappa shape index (κ2) is 8.10. The van der Waals surface area contributed by atoms with E-state index in [1.165, 1.54) is 4.90 Å². The van der Waals surface area contributed by atoms with Crippen molar-refractivity contribution in [1.82, 2.24) is 5.32 Å². The van der Waals surface area contributed by atoms with Crippen LogP contribution in [0.5, 0.6) is 5.75 Å². The molecule has 1 aliphatic heterocycles. The van der Waals surface area contributed by atoms with Gasteiger partial charge in [0.05, 0.1) is 26.6 Å². The number of carbonyl (C=O) groups is 2. The Labute approximate surface area is 156 Å². The third-order valence-corrected chi connectivity index (χ3v) is 4.31. The maximum atomic E-state index is 12.1. The predicted molar refractivity (Wildman–Crippen MR) is 98.8 cm³/mol. The van der Waals surface area contributed by atoms with Gasteiger partial charge in [0.25, 0.3) is 0 Å². The molecule has 0 spiro atoms. The number of amides is 2. The number of ether oxygens (including phenoxy) is 2. The summed E-state index contributed by atoms with van der Waals surface area (Å²) in [4.78, 5) is 25.6. The Morgan fingerprint density at radius 3 is 2.58 bits per heavy atom. The molecule has 1 fully saturated rings. The van der Waals surface area contributed by atoms with Crippen LogP contribution in [0.4, 0.5) is 10.5 Å². The summed E-state index contributed by atoms with van der Waals surface area (Å²) >= 11 is 5.83. The van der Waals surface area contributed by atoms with Crippen LogP contribution in [0.25, 0.3) is 0 Å². The minimum atomic E-state index is -0.424. The summed E-state index contributed by atoms with van der Waals surface area (Å²) in [6.07, 6.45) is -0.564. The SMILES string of the molecule is COc1ccc(N2CC(CNC(=O)Cc3ccc(Cl)cc3)OC2=O)cc1. The lowest BCUT2D eigenvalue weighted by Gasteiger charge is -2.13. The van der Waals surface area contributed by atoms with Gasteiger partial charge in [-0.15, -0.1) is 0 Å². The fourth-order valence-corrected chi connectivity index (χ4v) is 2.80. The van der Waals surface area contributed by atoms with Gasteiger partial charge in [-0.3, -0.25) is 9.69 Å². The molecule has 6 nitrogen and oxygen atoms in total. The molecule has 0 aliphatic carbocycles. The average molecular weight is 375 g/mol. The van der Waals surface area contributed by atoms with Gasteiger partial charge in [0, 0.05) is 10.7 Å². The zero-order valence-corrected chi connectivity index (χ0v) is 15.0. The molecule has 1 unspecified atom stereocenters. The number of anilines is 1. The van der Waals surface area contributed by atoms with Gasteiger partial charge in [0.15, 0.2) is 0 Å². The number of rotatable bonds is 6. The number of nitrogens with zero attached hydrogens (tertiary/aromatic N) is 1. The van der Waals surface area contributed by atoms with Crippen molar-refractivity contribution in [2.24, 2.45) is 0 Å². The van der Waals surface area contributed by atoms with Crippen LogP contribution in [0.2, 0.25) is 5.02 Å². The number of methoxy groups -OCH3 is 1. The van der Waals surface area contributed by atoms with E-state index in [2.05, 4.69) is 5.32 Å². The van der Waals surface area contributed by atoms with Crippen molar-refractivity contribution in [1.29, 1.82) is 0 Å². The van der Waals surface area contributed by atoms with Crippen LogP contribution in [0.15, 0.2) is 48.5 Å². The summed E-state index contributed by atoms with van der Waals surface area (Å²) in [6.45, 7) is 0.650. The van der Waals surface area contributed by atoms with E-state index in [-0.39, 0.29) is 18.9 Å². The standard InChI is InChI=1S/C19H19ClN2O4/c1-25-16-8-6-15(7-9-16)22-12-17(26-19(22)24)11-21-18(23)10-13-2-4-14(20)5-3-13/h2-9,17H,10-12H2,1H3,(H,21,23). The molecule has 0 radical (unpaired) electrons. The Bertz CT molecular complexity index is 777. The molecular formula is C19H19ClN2O4. The minimum absolute atomic E-state index is 0.133. The van der Waals surface area contributed by atoms with Gasteiger partial charge in [-0.05, 0) is 42.0 Å². The Balaban J connectivity index is 1.50. The second-order valence-corrected chi connectivity index (χ2v) is 6.36. The number of carbonyl (C=O) groups excluding carboxylic acids is 2. The van der Waals surface area contributed by atoms with E-state index in [1.807, 2.05) is 12.1 Å². The Kier molecular flexibility index (Phi) is 5.63. The van der Waals surface area contributed by atoms with Crippen LogP contribution >= 0.6 is 11.6 Å². The first kappa shape index (κ1) is 18.1. The highest BCUT2D eigenvalue weighted by molar-refractivity contribution is 6.30. The number of hydrogen-bond acceptors (Lipinski definition) is 4. The highest BCUT2D eigenvalue weighted by Crippen LogP contribution is 2.24. The molecule has 2 aromatic carbocycles.